The van der Waals surface area contributed by atoms with Gasteiger partial charge in [-0.25, -0.2) is 4.98 Å². The van der Waals surface area contributed by atoms with Crippen LogP contribution in [0.2, 0.25) is 0 Å². The topological polar surface area (TPSA) is 63.9 Å². The van der Waals surface area contributed by atoms with Crippen LogP contribution in [0.15, 0.2) is 30.5 Å². The van der Waals surface area contributed by atoms with Crippen molar-refractivity contribution in [1.82, 2.24) is 9.97 Å². The second kappa shape index (κ2) is 5.01. The molecule has 0 aliphatic carbocycles. The normalized spacial score (nSPS) is 10.8. The fraction of sp³-hybridized carbons (Fsp3) is 0.308. The Morgan fingerprint density at radius 2 is 2.00 bits per heavy atom. The van der Waals surface area contributed by atoms with Gasteiger partial charge in [-0.15, -0.1) is 0 Å². The number of aromatic nitrogens is 2. The van der Waals surface area contributed by atoms with E-state index in [0.717, 1.165) is 22.8 Å². The summed E-state index contributed by atoms with van der Waals surface area (Å²) in [4.78, 5) is 7.43. The van der Waals surface area contributed by atoms with Gasteiger partial charge in [-0.1, -0.05) is 0 Å². The molecule has 2 rings (SSSR count). The second-order valence-corrected chi connectivity index (χ2v) is 4.15. The molecule has 0 atom stereocenters. The highest BCUT2D eigenvalue weighted by Crippen LogP contribution is 2.20. The second-order valence-electron chi connectivity index (χ2n) is 4.15. The molecule has 17 heavy (non-hydrogen) atoms. The number of benzene rings is 1. The van der Waals surface area contributed by atoms with Crippen LogP contribution in [0, 0.1) is 0 Å². The summed E-state index contributed by atoms with van der Waals surface area (Å²) in [6, 6.07) is 7.85. The molecule has 0 fully saturated rings. The Labute approximate surface area is 101 Å². The lowest BCUT2D eigenvalue weighted by Gasteiger charge is -2.09. The van der Waals surface area contributed by atoms with Crippen molar-refractivity contribution < 1.29 is 4.74 Å². The first kappa shape index (κ1) is 11.7. The molecule has 0 bridgehead atoms. The van der Waals surface area contributed by atoms with Gasteiger partial charge in [0, 0.05) is 24.0 Å². The Bertz CT molecular complexity index is 474. The molecule has 90 valence electrons. The van der Waals surface area contributed by atoms with Gasteiger partial charge < -0.3 is 15.5 Å². The molecular weight excluding hydrogens is 214 g/mol. The van der Waals surface area contributed by atoms with Gasteiger partial charge in [0.1, 0.15) is 11.6 Å². The number of nitrogens with one attached hydrogen (secondary N) is 1. The van der Waals surface area contributed by atoms with Crippen molar-refractivity contribution in [2.75, 3.05) is 0 Å². The molecule has 0 spiro atoms. The van der Waals surface area contributed by atoms with E-state index < -0.39 is 0 Å². The van der Waals surface area contributed by atoms with Crippen LogP contribution in [0.3, 0.4) is 0 Å². The molecule has 3 N–H and O–H groups in total. The van der Waals surface area contributed by atoms with Gasteiger partial charge in [-0.2, -0.15) is 0 Å². The summed E-state index contributed by atoms with van der Waals surface area (Å²) in [5.74, 6) is 1.70. The molecule has 0 aliphatic heterocycles. The monoisotopic (exact) mass is 231 g/mol. The minimum atomic E-state index is 0.188. The smallest absolute Gasteiger partial charge is 0.137 e. The van der Waals surface area contributed by atoms with E-state index in [4.69, 9.17) is 10.5 Å². The predicted molar refractivity (Wildman–Crippen MR) is 67.7 cm³/mol. The number of nitrogens with two attached hydrogens (primary N) is 1. The highest BCUT2D eigenvalue weighted by molar-refractivity contribution is 5.56. The third-order valence-corrected chi connectivity index (χ3v) is 2.35. The maximum atomic E-state index is 5.58. The summed E-state index contributed by atoms with van der Waals surface area (Å²) in [7, 11) is 0. The van der Waals surface area contributed by atoms with E-state index in [1.54, 1.807) is 6.20 Å². The Kier molecular flexibility index (Phi) is 3.44. The molecular formula is C13H17N3O. The standard InChI is InChI=1S/C13H17N3O/c1-9(2)17-12-5-3-10(4-6-12)13-15-8-11(7-14)16-13/h3-6,8-9H,7,14H2,1-2H3,(H,15,16). The molecule has 4 nitrogen and oxygen atoms in total. The van der Waals surface area contributed by atoms with Crippen LogP contribution in [0.4, 0.5) is 0 Å². The molecule has 0 aliphatic rings. The van der Waals surface area contributed by atoms with E-state index in [1.807, 2.05) is 38.1 Å². The maximum Gasteiger partial charge on any atom is 0.137 e. The maximum absolute atomic E-state index is 5.58. The summed E-state index contributed by atoms with van der Waals surface area (Å²) < 4.78 is 5.58. The minimum absolute atomic E-state index is 0.188. The average molecular weight is 231 g/mol. The molecule has 2 aromatic rings. The fourth-order valence-electron chi connectivity index (χ4n) is 1.57. The van der Waals surface area contributed by atoms with Gasteiger partial charge in [-0.05, 0) is 38.1 Å². The molecule has 1 aromatic heterocycles. The zero-order valence-electron chi connectivity index (χ0n) is 10.1. The van der Waals surface area contributed by atoms with Gasteiger partial charge in [0.2, 0.25) is 0 Å². The average Bonchev–Trinajstić information content (AvgIpc) is 2.78. The zero-order chi connectivity index (χ0) is 12.3. The molecule has 0 saturated heterocycles. The third kappa shape index (κ3) is 2.85. The highest BCUT2D eigenvalue weighted by atomic mass is 16.5. The van der Waals surface area contributed by atoms with Crippen LogP contribution in [-0.4, -0.2) is 16.1 Å². The minimum Gasteiger partial charge on any atom is -0.491 e. The van der Waals surface area contributed by atoms with Gasteiger partial charge in [0.25, 0.3) is 0 Å². The van der Waals surface area contributed by atoms with E-state index in [-0.39, 0.29) is 6.10 Å². The molecule has 0 saturated carbocycles. The van der Waals surface area contributed by atoms with E-state index in [0.29, 0.717) is 6.54 Å². The quantitative estimate of drug-likeness (QED) is 0.848. The largest absolute Gasteiger partial charge is 0.491 e. The van der Waals surface area contributed by atoms with E-state index in [9.17, 15) is 0 Å². The Morgan fingerprint density at radius 3 is 2.53 bits per heavy atom. The lowest BCUT2D eigenvalue weighted by molar-refractivity contribution is 0.242. The lowest BCUT2D eigenvalue weighted by Crippen LogP contribution is -2.05. The predicted octanol–water partition coefficient (Wildman–Crippen LogP) is 2.32. The van der Waals surface area contributed by atoms with Gasteiger partial charge >= 0.3 is 0 Å². The van der Waals surface area contributed by atoms with Crippen molar-refractivity contribution in [2.45, 2.75) is 26.5 Å². The van der Waals surface area contributed by atoms with Crippen molar-refractivity contribution in [3.05, 3.63) is 36.2 Å². The van der Waals surface area contributed by atoms with E-state index in [2.05, 4.69) is 9.97 Å². The van der Waals surface area contributed by atoms with E-state index in [1.165, 1.54) is 0 Å². The first-order valence-corrected chi connectivity index (χ1v) is 5.70. The Morgan fingerprint density at radius 1 is 1.29 bits per heavy atom. The number of aromatic amines is 1. The highest BCUT2D eigenvalue weighted by Gasteiger charge is 2.03. The number of hydrogen-bond acceptors (Lipinski definition) is 3. The van der Waals surface area contributed by atoms with E-state index >= 15 is 0 Å². The first-order valence-electron chi connectivity index (χ1n) is 5.70. The summed E-state index contributed by atoms with van der Waals surface area (Å²) >= 11 is 0. The molecule has 1 aromatic carbocycles. The van der Waals surface area contributed by atoms with Crippen molar-refractivity contribution in [3.63, 3.8) is 0 Å². The number of H-pyrrole nitrogens is 1. The van der Waals surface area contributed by atoms with Crippen LogP contribution in [-0.2, 0) is 6.54 Å². The van der Waals surface area contributed by atoms with Crippen LogP contribution < -0.4 is 10.5 Å². The van der Waals surface area contributed by atoms with Crippen LogP contribution >= 0.6 is 0 Å². The van der Waals surface area contributed by atoms with Crippen LogP contribution in [0.5, 0.6) is 5.75 Å². The van der Waals surface area contributed by atoms with Gasteiger partial charge in [-0.3, -0.25) is 0 Å². The summed E-state index contributed by atoms with van der Waals surface area (Å²) in [6.45, 7) is 4.49. The summed E-state index contributed by atoms with van der Waals surface area (Å²) in [6.07, 6.45) is 1.95. The lowest BCUT2D eigenvalue weighted by atomic mass is 10.2. The molecule has 4 heteroatoms. The Hall–Kier alpha value is -1.81. The van der Waals surface area contributed by atoms with Crippen molar-refractivity contribution in [1.29, 1.82) is 0 Å². The van der Waals surface area contributed by atoms with Crippen molar-refractivity contribution >= 4 is 0 Å². The number of rotatable bonds is 4. The van der Waals surface area contributed by atoms with Crippen LogP contribution in [0.25, 0.3) is 11.4 Å². The van der Waals surface area contributed by atoms with Crippen LogP contribution in [0.1, 0.15) is 19.5 Å². The van der Waals surface area contributed by atoms with Gasteiger partial charge in [0.15, 0.2) is 0 Å². The summed E-state index contributed by atoms with van der Waals surface area (Å²) in [5.41, 5.74) is 7.49. The zero-order valence-corrected chi connectivity index (χ0v) is 10.1. The van der Waals surface area contributed by atoms with Crippen molar-refractivity contribution in [2.24, 2.45) is 5.73 Å². The summed E-state index contributed by atoms with van der Waals surface area (Å²) in [5, 5.41) is 0. The molecule has 0 amide bonds. The molecule has 0 unspecified atom stereocenters. The Balaban J connectivity index is 2.17. The fourth-order valence-corrected chi connectivity index (χ4v) is 1.57. The van der Waals surface area contributed by atoms with Crippen molar-refractivity contribution in [3.8, 4) is 17.1 Å². The number of ether oxygens (including phenoxy) is 1. The van der Waals surface area contributed by atoms with Gasteiger partial charge in [0.05, 0.1) is 6.10 Å². The number of hydrogen-bond donors (Lipinski definition) is 2. The SMILES string of the molecule is CC(C)Oc1ccc(-c2ncc(CN)[nH]2)cc1. The first-order chi connectivity index (χ1) is 8.19. The number of imidazole rings is 1. The molecule has 0 radical (unpaired) electrons. The molecule has 1 heterocycles. The number of nitrogens with zero attached hydrogens (tertiary/aromatic N) is 1. The third-order valence-electron chi connectivity index (χ3n) is 2.35.